The molecule has 3 nitrogen and oxygen atoms in total. The summed E-state index contributed by atoms with van der Waals surface area (Å²) in [6.45, 7) is 10.0. The van der Waals surface area contributed by atoms with E-state index in [0.717, 1.165) is 19.6 Å². The van der Waals surface area contributed by atoms with Gasteiger partial charge in [-0.3, -0.25) is 4.90 Å². The fourth-order valence-corrected chi connectivity index (χ4v) is 1.93. The molecule has 1 aromatic rings. The van der Waals surface area contributed by atoms with Gasteiger partial charge in [-0.25, -0.2) is 0 Å². The molecule has 1 fully saturated rings. The predicted molar refractivity (Wildman–Crippen MR) is 58.4 cm³/mol. The van der Waals surface area contributed by atoms with Crippen molar-refractivity contribution in [3.05, 3.63) is 23.0 Å². The average Bonchev–Trinajstić information content (AvgIpc) is 2.52. The van der Waals surface area contributed by atoms with Crippen LogP contribution in [-0.4, -0.2) is 36.1 Å². The molecule has 1 saturated heterocycles. The van der Waals surface area contributed by atoms with Gasteiger partial charge in [0.25, 0.3) is 0 Å². The SMILES string of the molecule is Cc1[nH]cc(CN2CCNCC2)c1C. The standard InChI is InChI=1S/C11H19N3/c1-9-10(2)13-7-11(9)8-14-5-3-12-4-6-14/h7,12-13H,3-6,8H2,1-2H3. The summed E-state index contributed by atoms with van der Waals surface area (Å²) in [5.41, 5.74) is 4.17. The Morgan fingerprint density at radius 1 is 1.29 bits per heavy atom. The van der Waals surface area contributed by atoms with Gasteiger partial charge in [-0.2, -0.15) is 0 Å². The Morgan fingerprint density at radius 2 is 2.00 bits per heavy atom. The molecule has 0 aliphatic carbocycles. The first-order chi connectivity index (χ1) is 6.77. The lowest BCUT2D eigenvalue weighted by Gasteiger charge is -2.27. The molecule has 1 aliphatic rings. The number of hydrogen-bond donors (Lipinski definition) is 2. The van der Waals surface area contributed by atoms with Crippen molar-refractivity contribution in [3.63, 3.8) is 0 Å². The van der Waals surface area contributed by atoms with Gasteiger partial charge in [0.05, 0.1) is 0 Å². The highest BCUT2D eigenvalue weighted by Gasteiger charge is 2.12. The van der Waals surface area contributed by atoms with E-state index in [9.17, 15) is 0 Å². The Morgan fingerprint density at radius 3 is 2.57 bits per heavy atom. The summed E-state index contributed by atoms with van der Waals surface area (Å²) in [4.78, 5) is 5.79. The summed E-state index contributed by atoms with van der Waals surface area (Å²) in [6.07, 6.45) is 2.15. The van der Waals surface area contributed by atoms with E-state index in [-0.39, 0.29) is 0 Å². The maximum absolute atomic E-state index is 3.37. The third kappa shape index (κ3) is 1.99. The molecule has 3 heteroatoms. The molecule has 2 rings (SSSR count). The van der Waals surface area contributed by atoms with Crippen LogP contribution in [0.3, 0.4) is 0 Å². The molecule has 1 aliphatic heterocycles. The van der Waals surface area contributed by atoms with Crippen LogP contribution in [0, 0.1) is 13.8 Å². The number of piperazine rings is 1. The fraction of sp³-hybridized carbons (Fsp3) is 0.636. The van der Waals surface area contributed by atoms with Crippen LogP contribution in [0.2, 0.25) is 0 Å². The molecule has 0 saturated carbocycles. The van der Waals surface area contributed by atoms with Gasteiger partial charge in [-0.1, -0.05) is 0 Å². The Hall–Kier alpha value is -0.800. The normalized spacial score (nSPS) is 18.7. The van der Waals surface area contributed by atoms with E-state index < -0.39 is 0 Å². The summed E-state index contributed by atoms with van der Waals surface area (Å²) in [5.74, 6) is 0. The van der Waals surface area contributed by atoms with Crippen LogP contribution in [0.1, 0.15) is 16.8 Å². The van der Waals surface area contributed by atoms with Crippen molar-refractivity contribution in [2.45, 2.75) is 20.4 Å². The third-order valence-corrected chi connectivity index (χ3v) is 3.11. The number of aromatic amines is 1. The van der Waals surface area contributed by atoms with Crippen LogP contribution in [0.25, 0.3) is 0 Å². The van der Waals surface area contributed by atoms with Gasteiger partial charge in [-0.05, 0) is 25.0 Å². The average molecular weight is 193 g/mol. The van der Waals surface area contributed by atoms with E-state index >= 15 is 0 Å². The van der Waals surface area contributed by atoms with E-state index in [1.807, 2.05) is 0 Å². The molecule has 14 heavy (non-hydrogen) atoms. The maximum Gasteiger partial charge on any atom is 0.0252 e. The minimum absolute atomic E-state index is 1.10. The van der Waals surface area contributed by atoms with Crippen molar-refractivity contribution in [2.75, 3.05) is 26.2 Å². The van der Waals surface area contributed by atoms with E-state index in [1.54, 1.807) is 0 Å². The van der Waals surface area contributed by atoms with E-state index in [1.165, 1.54) is 29.9 Å². The number of aryl methyl sites for hydroxylation is 1. The second-order valence-corrected chi connectivity index (χ2v) is 4.09. The van der Waals surface area contributed by atoms with E-state index in [4.69, 9.17) is 0 Å². The second-order valence-electron chi connectivity index (χ2n) is 4.09. The minimum atomic E-state index is 1.10. The third-order valence-electron chi connectivity index (χ3n) is 3.11. The molecule has 0 unspecified atom stereocenters. The molecule has 2 heterocycles. The lowest BCUT2D eigenvalue weighted by molar-refractivity contribution is 0.233. The largest absolute Gasteiger partial charge is 0.365 e. The van der Waals surface area contributed by atoms with Crippen molar-refractivity contribution < 1.29 is 0 Å². The summed E-state index contributed by atoms with van der Waals surface area (Å²) >= 11 is 0. The van der Waals surface area contributed by atoms with Gasteiger partial charge in [0.15, 0.2) is 0 Å². The van der Waals surface area contributed by atoms with Crippen LogP contribution in [-0.2, 0) is 6.54 Å². The molecule has 0 bridgehead atoms. The summed E-state index contributed by atoms with van der Waals surface area (Å²) < 4.78 is 0. The number of nitrogens with zero attached hydrogens (tertiary/aromatic N) is 1. The van der Waals surface area contributed by atoms with Crippen molar-refractivity contribution in [2.24, 2.45) is 0 Å². The number of rotatable bonds is 2. The highest BCUT2D eigenvalue weighted by molar-refractivity contribution is 5.28. The number of hydrogen-bond acceptors (Lipinski definition) is 2. The van der Waals surface area contributed by atoms with Crippen molar-refractivity contribution >= 4 is 0 Å². The Balaban J connectivity index is 1.99. The van der Waals surface area contributed by atoms with Crippen molar-refractivity contribution in [3.8, 4) is 0 Å². The minimum Gasteiger partial charge on any atom is -0.365 e. The topological polar surface area (TPSA) is 31.1 Å². The molecular formula is C11H19N3. The van der Waals surface area contributed by atoms with Gasteiger partial charge in [0.2, 0.25) is 0 Å². The van der Waals surface area contributed by atoms with E-state index in [0.29, 0.717) is 0 Å². The lowest BCUT2D eigenvalue weighted by Crippen LogP contribution is -2.42. The van der Waals surface area contributed by atoms with Crippen LogP contribution in [0.4, 0.5) is 0 Å². The van der Waals surface area contributed by atoms with Gasteiger partial charge < -0.3 is 10.3 Å². The molecule has 0 atom stereocenters. The molecule has 1 aromatic heterocycles. The van der Waals surface area contributed by atoms with Gasteiger partial charge >= 0.3 is 0 Å². The van der Waals surface area contributed by atoms with Crippen LogP contribution < -0.4 is 5.32 Å². The van der Waals surface area contributed by atoms with Gasteiger partial charge in [0, 0.05) is 44.6 Å². The molecule has 78 valence electrons. The lowest BCUT2D eigenvalue weighted by atomic mass is 10.1. The number of nitrogens with one attached hydrogen (secondary N) is 2. The zero-order valence-electron chi connectivity index (χ0n) is 9.06. The summed E-state index contributed by atoms with van der Waals surface area (Å²) in [7, 11) is 0. The van der Waals surface area contributed by atoms with Crippen molar-refractivity contribution in [1.82, 2.24) is 15.2 Å². The second kappa shape index (κ2) is 4.15. The maximum atomic E-state index is 3.37. The molecule has 0 amide bonds. The Labute approximate surface area is 85.5 Å². The quantitative estimate of drug-likeness (QED) is 0.735. The Kier molecular flexibility index (Phi) is 2.89. The smallest absolute Gasteiger partial charge is 0.0252 e. The van der Waals surface area contributed by atoms with Gasteiger partial charge in [0.1, 0.15) is 0 Å². The molecule has 0 aromatic carbocycles. The Bertz CT molecular complexity index is 297. The van der Waals surface area contributed by atoms with Crippen LogP contribution in [0.5, 0.6) is 0 Å². The number of H-pyrrole nitrogens is 1. The first-order valence-corrected chi connectivity index (χ1v) is 5.34. The zero-order valence-corrected chi connectivity index (χ0v) is 9.06. The molecular weight excluding hydrogens is 174 g/mol. The van der Waals surface area contributed by atoms with Crippen molar-refractivity contribution in [1.29, 1.82) is 0 Å². The van der Waals surface area contributed by atoms with E-state index in [2.05, 4.69) is 35.2 Å². The molecule has 2 N–H and O–H groups in total. The van der Waals surface area contributed by atoms with Crippen LogP contribution in [0.15, 0.2) is 6.20 Å². The van der Waals surface area contributed by atoms with Crippen LogP contribution >= 0.6 is 0 Å². The molecule has 0 spiro atoms. The first-order valence-electron chi connectivity index (χ1n) is 5.34. The highest BCUT2D eigenvalue weighted by Crippen LogP contribution is 2.14. The number of aromatic nitrogens is 1. The summed E-state index contributed by atoms with van der Waals surface area (Å²) in [6, 6.07) is 0. The first kappa shape index (κ1) is 9.74. The zero-order chi connectivity index (χ0) is 9.97. The van der Waals surface area contributed by atoms with Gasteiger partial charge in [-0.15, -0.1) is 0 Å². The predicted octanol–water partition coefficient (Wildman–Crippen LogP) is 1.04. The monoisotopic (exact) mass is 193 g/mol. The fourth-order valence-electron chi connectivity index (χ4n) is 1.93. The summed E-state index contributed by atoms with van der Waals surface area (Å²) in [5, 5.41) is 3.37. The highest BCUT2D eigenvalue weighted by atomic mass is 15.2. The molecule has 0 radical (unpaired) electrons.